The van der Waals surface area contributed by atoms with E-state index in [2.05, 4.69) is 5.32 Å². The number of nitrogens with one attached hydrogen (secondary N) is 1. The zero-order chi connectivity index (χ0) is 20.2. The molecule has 0 bridgehead atoms. The van der Waals surface area contributed by atoms with E-state index in [4.69, 9.17) is 9.47 Å². The van der Waals surface area contributed by atoms with E-state index in [1.54, 1.807) is 26.8 Å². The van der Waals surface area contributed by atoms with Crippen LogP contribution >= 0.6 is 0 Å². The number of phenols is 1. The van der Waals surface area contributed by atoms with Crippen LogP contribution in [0, 0.1) is 5.82 Å². The number of benzene rings is 2. The number of carbonyl (C=O) groups is 2. The number of hydrogen-bond acceptors (Lipinski definition) is 6. The molecule has 7 heteroatoms. The van der Waals surface area contributed by atoms with Crippen LogP contribution in [0.3, 0.4) is 0 Å². The maximum atomic E-state index is 13.3. The highest BCUT2D eigenvalue weighted by Gasteiger charge is 2.22. The Morgan fingerprint density at radius 3 is 2.48 bits per heavy atom. The van der Waals surface area contributed by atoms with Crippen LogP contribution in [0.5, 0.6) is 11.5 Å². The summed E-state index contributed by atoms with van der Waals surface area (Å²) in [4.78, 5) is 23.7. The van der Waals surface area contributed by atoms with Crippen LogP contribution in [-0.4, -0.2) is 22.6 Å². The largest absolute Gasteiger partial charge is 0.508 e. The van der Waals surface area contributed by atoms with Gasteiger partial charge in [-0.3, -0.25) is 4.79 Å². The minimum absolute atomic E-state index is 0.0465. The van der Waals surface area contributed by atoms with Gasteiger partial charge in [0, 0.05) is 30.8 Å². The minimum Gasteiger partial charge on any atom is -0.508 e. The Labute approximate surface area is 156 Å². The highest BCUT2D eigenvalue weighted by molar-refractivity contribution is 5.94. The van der Waals surface area contributed by atoms with Crippen molar-refractivity contribution < 1.29 is 28.6 Å². The Hall–Kier alpha value is -3.09. The van der Waals surface area contributed by atoms with E-state index >= 15 is 0 Å². The molecule has 0 amide bonds. The summed E-state index contributed by atoms with van der Waals surface area (Å²) >= 11 is 0. The molecule has 0 fully saturated rings. The summed E-state index contributed by atoms with van der Waals surface area (Å²) in [5.74, 6) is -1.67. The normalized spacial score (nSPS) is 11.0. The quantitative estimate of drug-likeness (QED) is 0.606. The van der Waals surface area contributed by atoms with Gasteiger partial charge in [-0.05, 0) is 51.1 Å². The van der Waals surface area contributed by atoms with Crippen molar-refractivity contribution in [3.05, 3.63) is 53.3 Å². The van der Waals surface area contributed by atoms with E-state index in [0.29, 0.717) is 11.3 Å². The van der Waals surface area contributed by atoms with Gasteiger partial charge in [-0.25, -0.2) is 9.18 Å². The smallest absolute Gasteiger partial charge is 0.342 e. The molecule has 6 nitrogen and oxygen atoms in total. The monoisotopic (exact) mass is 375 g/mol. The van der Waals surface area contributed by atoms with Crippen LogP contribution < -0.4 is 10.1 Å². The van der Waals surface area contributed by atoms with Crippen molar-refractivity contribution in [2.24, 2.45) is 0 Å². The summed E-state index contributed by atoms with van der Waals surface area (Å²) in [6.45, 7) is 6.56. The Bertz CT molecular complexity index is 858. The first-order chi connectivity index (χ1) is 12.5. The standard InChI is InChI=1S/C20H22FNO5/c1-12(23)26-18-10-15(6-7-16(18)19(25)27-20(2,3)4)22-11-13-9-14(21)5-8-17(13)24/h5-10,22,24H,11H2,1-4H3. The number of anilines is 1. The highest BCUT2D eigenvalue weighted by Crippen LogP contribution is 2.27. The number of esters is 2. The molecule has 0 aliphatic rings. The van der Waals surface area contributed by atoms with Crippen LogP contribution in [0.25, 0.3) is 0 Å². The molecule has 144 valence electrons. The molecular formula is C20H22FNO5. The minimum atomic E-state index is -0.698. The Morgan fingerprint density at radius 2 is 1.85 bits per heavy atom. The number of carbonyl (C=O) groups excluding carboxylic acids is 2. The van der Waals surface area contributed by atoms with Gasteiger partial charge < -0.3 is 19.9 Å². The molecule has 0 aliphatic heterocycles. The molecule has 27 heavy (non-hydrogen) atoms. The Balaban J connectivity index is 2.24. The molecule has 2 N–H and O–H groups in total. The van der Waals surface area contributed by atoms with Gasteiger partial charge in [0.25, 0.3) is 0 Å². The summed E-state index contributed by atoms with van der Waals surface area (Å²) in [7, 11) is 0. The summed E-state index contributed by atoms with van der Waals surface area (Å²) in [6.07, 6.45) is 0. The predicted octanol–water partition coefficient (Wildman–Crippen LogP) is 4.02. The second kappa shape index (κ2) is 8.07. The maximum absolute atomic E-state index is 13.3. The molecule has 2 rings (SSSR count). The van der Waals surface area contributed by atoms with E-state index in [1.807, 2.05) is 0 Å². The third kappa shape index (κ3) is 5.99. The SMILES string of the molecule is CC(=O)Oc1cc(NCc2cc(F)ccc2O)ccc1C(=O)OC(C)(C)C. The average Bonchev–Trinajstić information content (AvgIpc) is 2.53. The first-order valence-electron chi connectivity index (χ1n) is 8.32. The molecule has 0 spiro atoms. The van der Waals surface area contributed by atoms with Crippen molar-refractivity contribution >= 4 is 17.6 Å². The number of hydrogen-bond donors (Lipinski definition) is 2. The topological polar surface area (TPSA) is 84.9 Å². The zero-order valence-corrected chi connectivity index (χ0v) is 15.6. The van der Waals surface area contributed by atoms with Crippen molar-refractivity contribution in [1.29, 1.82) is 0 Å². The van der Waals surface area contributed by atoms with Gasteiger partial charge >= 0.3 is 11.9 Å². The van der Waals surface area contributed by atoms with Gasteiger partial charge in [0.05, 0.1) is 0 Å². The molecule has 0 atom stereocenters. The van der Waals surface area contributed by atoms with Crippen LogP contribution in [0.2, 0.25) is 0 Å². The Morgan fingerprint density at radius 1 is 1.15 bits per heavy atom. The number of ether oxygens (including phenoxy) is 2. The molecule has 0 radical (unpaired) electrons. The second-order valence-electron chi connectivity index (χ2n) is 6.93. The van der Waals surface area contributed by atoms with Crippen molar-refractivity contribution in [3.8, 4) is 11.5 Å². The van der Waals surface area contributed by atoms with Gasteiger partial charge in [0.15, 0.2) is 0 Å². The van der Waals surface area contributed by atoms with Crippen LogP contribution in [-0.2, 0) is 16.1 Å². The van der Waals surface area contributed by atoms with E-state index in [-0.39, 0.29) is 23.6 Å². The fraction of sp³-hybridized carbons (Fsp3) is 0.300. The molecule has 0 saturated heterocycles. The molecule has 2 aromatic carbocycles. The number of halogens is 1. The van der Waals surface area contributed by atoms with Crippen LogP contribution in [0.1, 0.15) is 43.6 Å². The molecule has 0 aromatic heterocycles. The molecule has 0 unspecified atom stereocenters. The van der Waals surface area contributed by atoms with E-state index in [0.717, 1.165) is 6.07 Å². The lowest BCUT2D eigenvalue weighted by Gasteiger charge is -2.20. The number of aromatic hydroxyl groups is 1. The molecule has 0 heterocycles. The lowest BCUT2D eigenvalue weighted by Crippen LogP contribution is -2.24. The summed E-state index contributed by atoms with van der Waals surface area (Å²) in [5, 5.41) is 12.8. The molecule has 0 aliphatic carbocycles. The lowest BCUT2D eigenvalue weighted by atomic mass is 10.1. The first kappa shape index (κ1) is 20.2. The van der Waals surface area contributed by atoms with Gasteiger partial charge in [0.1, 0.15) is 28.5 Å². The summed E-state index contributed by atoms with van der Waals surface area (Å²) < 4.78 is 23.8. The second-order valence-corrected chi connectivity index (χ2v) is 6.93. The molecule has 2 aromatic rings. The zero-order valence-electron chi connectivity index (χ0n) is 15.6. The highest BCUT2D eigenvalue weighted by atomic mass is 19.1. The third-order valence-corrected chi connectivity index (χ3v) is 3.38. The van der Waals surface area contributed by atoms with Gasteiger partial charge in [-0.1, -0.05) is 0 Å². The van der Waals surface area contributed by atoms with Gasteiger partial charge in [0.2, 0.25) is 0 Å². The van der Waals surface area contributed by atoms with Crippen molar-refractivity contribution in [2.75, 3.05) is 5.32 Å². The van der Waals surface area contributed by atoms with Gasteiger partial charge in [-0.2, -0.15) is 0 Å². The van der Waals surface area contributed by atoms with Gasteiger partial charge in [-0.15, -0.1) is 0 Å². The van der Waals surface area contributed by atoms with Crippen LogP contribution in [0.4, 0.5) is 10.1 Å². The first-order valence-corrected chi connectivity index (χ1v) is 8.32. The van der Waals surface area contributed by atoms with E-state index < -0.39 is 23.4 Å². The fourth-order valence-electron chi connectivity index (χ4n) is 2.27. The van der Waals surface area contributed by atoms with E-state index in [1.165, 1.54) is 31.2 Å². The van der Waals surface area contributed by atoms with Crippen LogP contribution in [0.15, 0.2) is 36.4 Å². The Kier molecular flexibility index (Phi) is 6.05. The third-order valence-electron chi connectivity index (χ3n) is 3.38. The van der Waals surface area contributed by atoms with Crippen molar-refractivity contribution in [3.63, 3.8) is 0 Å². The predicted molar refractivity (Wildman–Crippen MR) is 98.3 cm³/mol. The van der Waals surface area contributed by atoms with Crippen molar-refractivity contribution in [1.82, 2.24) is 0 Å². The molecule has 0 saturated carbocycles. The maximum Gasteiger partial charge on any atom is 0.342 e. The number of rotatable bonds is 5. The molecular weight excluding hydrogens is 353 g/mol. The number of phenolic OH excluding ortho intramolecular Hbond substituents is 1. The fourth-order valence-corrected chi connectivity index (χ4v) is 2.27. The van der Waals surface area contributed by atoms with E-state index in [9.17, 15) is 19.1 Å². The summed E-state index contributed by atoms with van der Waals surface area (Å²) in [6, 6.07) is 8.18. The van der Waals surface area contributed by atoms with Crippen molar-refractivity contribution in [2.45, 2.75) is 39.8 Å². The lowest BCUT2D eigenvalue weighted by molar-refractivity contribution is -0.131. The summed E-state index contributed by atoms with van der Waals surface area (Å²) in [5.41, 5.74) is 0.290. The average molecular weight is 375 g/mol.